The molecule has 0 amide bonds. The van der Waals surface area contributed by atoms with Crippen molar-refractivity contribution in [3.05, 3.63) is 59.7 Å². The van der Waals surface area contributed by atoms with E-state index in [2.05, 4.69) is 74.6 Å². The quantitative estimate of drug-likeness (QED) is 0.778. The Morgan fingerprint density at radius 1 is 1.00 bits per heavy atom. The van der Waals surface area contributed by atoms with Crippen molar-refractivity contribution in [1.82, 2.24) is 5.32 Å². The second-order valence-corrected chi connectivity index (χ2v) is 5.32. The van der Waals surface area contributed by atoms with Gasteiger partial charge in [0.2, 0.25) is 0 Å². The van der Waals surface area contributed by atoms with Crippen LogP contribution in [0.5, 0.6) is 0 Å². The summed E-state index contributed by atoms with van der Waals surface area (Å²) in [6, 6.07) is 18.1. The summed E-state index contributed by atoms with van der Waals surface area (Å²) in [5, 5.41) is 3.51. The molecule has 1 unspecified atom stereocenters. The predicted octanol–water partition coefficient (Wildman–Crippen LogP) is 4.98. The first-order chi connectivity index (χ1) is 9.76. The van der Waals surface area contributed by atoms with Gasteiger partial charge in [0.05, 0.1) is 0 Å². The summed E-state index contributed by atoms with van der Waals surface area (Å²) in [6.45, 7) is 7.61. The molecule has 1 nitrogen and oxygen atoms in total. The van der Waals surface area contributed by atoms with Gasteiger partial charge in [-0.1, -0.05) is 68.8 Å². The standard InChI is InChI=1S/C19H25N/c1-4-9-16-10-8-11-17(14-16)19-13-7-6-12-18(19)15(3)20-5-2/h6-8,10-15,20H,4-5,9H2,1-3H3. The van der Waals surface area contributed by atoms with Gasteiger partial charge in [-0.25, -0.2) is 0 Å². The van der Waals surface area contributed by atoms with Gasteiger partial charge in [0.15, 0.2) is 0 Å². The highest BCUT2D eigenvalue weighted by molar-refractivity contribution is 5.68. The van der Waals surface area contributed by atoms with E-state index < -0.39 is 0 Å². The number of hydrogen-bond donors (Lipinski definition) is 1. The molecule has 0 aliphatic heterocycles. The molecule has 1 N–H and O–H groups in total. The molecule has 106 valence electrons. The van der Waals surface area contributed by atoms with Crippen LogP contribution in [0.1, 0.15) is 44.4 Å². The third-order valence-corrected chi connectivity index (χ3v) is 3.71. The topological polar surface area (TPSA) is 12.0 Å². The lowest BCUT2D eigenvalue weighted by atomic mass is 9.94. The van der Waals surface area contributed by atoms with E-state index >= 15 is 0 Å². The summed E-state index contributed by atoms with van der Waals surface area (Å²) in [5.41, 5.74) is 5.48. The van der Waals surface area contributed by atoms with Gasteiger partial charge >= 0.3 is 0 Å². The Balaban J connectivity index is 2.39. The van der Waals surface area contributed by atoms with Crippen LogP contribution in [0.25, 0.3) is 11.1 Å². The molecule has 2 rings (SSSR count). The lowest BCUT2D eigenvalue weighted by Crippen LogP contribution is -2.18. The fraction of sp³-hybridized carbons (Fsp3) is 0.368. The van der Waals surface area contributed by atoms with Crippen LogP contribution in [-0.4, -0.2) is 6.54 Å². The molecule has 1 atom stereocenters. The SMILES string of the molecule is CCCc1cccc(-c2ccccc2C(C)NCC)c1. The van der Waals surface area contributed by atoms with E-state index in [-0.39, 0.29) is 0 Å². The van der Waals surface area contributed by atoms with Gasteiger partial charge < -0.3 is 5.32 Å². The first-order valence-corrected chi connectivity index (χ1v) is 7.67. The molecule has 0 fully saturated rings. The summed E-state index contributed by atoms with van der Waals surface area (Å²) < 4.78 is 0. The smallest absolute Gasteiger partial charge is 0.0297 e. The molecular formula is C19H25N. The van der Waals surface area contributed by atoms with Crippen LogP contribution in [0.15, 0.2) is 48.5 Å². The second kappa shape index (κ2) is 7.25. The van der Waals surface area contributed by atoms with Gasteiger partial charge in [-0.3, -0.25) is 0 Å². The minimum atomic E-state index is 0.381. The normalized spacial score (nSPS) is 12.3. The maximum atomic E-state index is 3.51. The molecule has 0 heterocycles. The summed E-state index contributed by atoms with van der Waals surface area (Å²) in [4.78, 5) is 0. The monoisotopic (exact) mass is 267 g/mol. The molecule has 0 spiro atoms. The largest absolute Gasteiger partial charge is 0.310 e. The highest BCUT2D eigenvalue weighted by atomic mass is 14.9. The Kier molecular flexibility index (Phi) is 5.37. The van der Waals surface area contributed by atoms with Crippen molar-refractivity contribution in [3.63, 3.8) is 0 Å². The van der Waals surface area contributed by atoms with Gasteiger partial charge in [-0.15, -0.1) is 0 Å². The van der Waals surface area contributed by atoms with Crippen molar-refractivity contribution < 1.29 is 0 Å². The van der Waals surface area contributed by atoms with E-state index in [4.69, 9.17) is 0 Å². The second-order valence-electron chi connectivity index (χ2n) is 5.32. The maximum Gasteiger partial charge on any atom is 0.0297 e. The van der Waals surface area contributed by atoms with E-state index in [0.717, 1.165) is 13.0 Å². The Labute approximate surface area is 123 Å². The first kappa shape index (κ1) is 14.8. The zero-order valence-electron chi connectivity index (χ0n) is 12.8. The third-order valence-electron chi connectivity index (χ3n) is 3.71. The van der Waals surface area contributed by atoms with Crippen LogP contribution < -0.4 is 5.32 Å². The van der Waals surface area contributed by atoms with Gasteiger partial charge in [-0.2, -0.15) is 0 Å². The van der Waals surface area contributed by atoms with Crippen molar-refractivity contribution in [1.29, 1.82) is 0 Å². The van der Waals surface area contributed by atoms with Gasteiger partial charge in [0.1, 0.15) is 0 Å². The highest BCUT2D eigenvalue weighted by Gasteiger charge is 2.10. The van der Waals surface area contributed by atoms with Crippen LogP contribution in [0, 0.1) is 0 Å². The lowest BCUT2D eigenvalue weighted by Gasteiger charge is -2.17. The number of nitrogens with one attached hydrogen (secondary N) is 1. The molecule has 2 aromatic rings. The van der Waals surface area contributed by atoms with E-state index in [9.17, 15) is 0 Å². The van der Waals surface area contributed by atoms with Crippen molar-refractivity contribution in [2.75, 3.05) is 6.54 Å². The summed E-state index contributed by atoms with van der Waals surface area (Å²) >= 11 is 0. The molecule has 2 aromatic carbocycles. The molecule has 0 saturated heterocycles. The van der Waals surface area contributed by atoms with Gasteiger partial charge in [0.25, 0.3) is 0 Å². The average molecular weight is 267 g/mol. The fourth-order valence-electron chi connectivity index (χ4n) is 2.74. The van der Waals surface area contributed by atoms with Gasteiger partial charge in [0, 0.05) is 6.04 Å². The van der Waals surface area contributed by atoms with Gasteiger partial charge in [-0.05, 0) is 42.1 Å². The number of aryl methyl sites for hydroxylation is 1. The summed E-state index contributed by atoms with van der Waals surface area (Å²) in [6.07, 6.45) is 2.34. The molecule has 0 aliphatic carbocycles. The predicted molar refractivity (Wildman–Crippen MR) is 88.0 cm³/mol. The van der Waals surface area contributed by atoms with Crippen molar-refractivity contribution in [3.8, 4) is 11.1 Å². The molecule has 0 radical (unpaired) electrons. The summed E-state index contributed by atoms with van der Waals surface area (Å²) in [7, 11) is 0. The van der Waals surface area contributed by atoms with Crippen molar-refractivity contribution >= 4 is 0 Å². The lowest BCUT2D eigenvalue weighted by molar-refractivity contribution is 0.599. The molecule has 0 aromatic heterocycles. The minimum Gasteiger partial charge on any atom is -0.310 e. The number of hydrogen-bond acceptors (Lipinski definition) is 1. The summed E-state index contributed by atoms with van der Waals surface area (Å²) in [5.74, 6) is 0. The molecule has 0 saturated carbocycles. The van der Waals surface area contributed by atoms with E-state index in [1.54, 1.807) is 0 Å². The number of rotatable bonds is 6. The third kappa shape index (κ3) is 3.49. The maximum absolute atomic E-state index is 3.51. The Bertz CT molecular complexity index is 545. The van der Waals surface area contributed by atoms with Crippen LogP contribution >= 0.6 is 0 Å². The molecule has 1 heteroatoms. The molecule has 20 heavy (non-hydrogen) atoms. The van der Waals surface area contributed by atoms with Crippen molar-refractivity contribution in [2.24, 2.45) is 0 Å². The Morgan fingerprint density at radius 3 is 2.55 bits per heavy atom. The Hall–Kier alpha value is -1.60. The minimum absolute atomic E-state index is 0.381. The zero-order chi connectivity index (χ0) is 14.4. The number of benzene rings is 2. The molecular weight excluding hydrogens is 242 g/mol. The average Bonchev–Trinajstić information content (AvgIpc) is 2.48. The Morgan fingerprint density at radius 2 is 1.80 bits per heavy atom. The molecule has 0 bridgehead atoms. The zero-order valence-corrected chi connectivity index (χ0v) is 12.8. The molecule has 0 aliphatic rings. The first-order valence-electron chi connectivity index (χ1n) is 7.67. The van der Waals surface area contributed by atoms with E-state index in [0.29, 0.717) is 6.04 Å². The van der Waals surface area contributed by atoms with Crippen LogP contribution in [-0.2, 0) is 6.42 Å². The van der Waals surface area contributed by atoms with Crippen molar-refractivity contribution in [2.45, 2.75) is 39.7 Å². The van der Waals surface area contributed by atoms with E-state index in [1.165, 1.54) is 28.7 Å². The highest BCUT2D eigenvalue weighted by Crippen LogP contribution is 2.28. The fourth-order valence-corrected chi connectivity index (χ4v) is 2.74. The van der Waals surface area contributed by atoms with Crippen LogP contribution in [0.3, 0.4) is 0 Å². The van der Waals surface area contributed by atoms with E-state index in [1.807, 2.05) is 0 Å². The van der Waals surface area contributed by atoms with Crippen LogP contribution in [0.2, 0.25) is 0 Å². The van der Waals surface area contributed by atoms with Crippen LogP contribution in [0.4, 0.5) is 0 Å².